The summed E-state index contributed by atoms with van der Waals surface area (Å²) in [6.45, 7) is 0. The normalized spacial score (nSPS) is 9.88. The highest BCUT2D eigenvalue weighted by molar-refractivity contribution is 6.58. The molecule has 0 bridgehead atoms. The van der Waals surface area contributed by atoms with Gasteiger partial charge in [-0.2, -0.15) is 0 Å². The molecule has 5 nitrogen and oxygen atoms in total. The van der Waals surface area contributed by atoms with E-state index >= 15 is 0 Å². The summed E-state index contributed by atoms with van der Waals surface area (Å²) in [5.41, 5.74) is 0.318. The molecule has 0 amide bonds. The largest absolute Gasteiger partial charge is 0.490 e. The topological polar surface area (TPSA) is 75.5 Å². The summed E-state index contributed by atoms with van der Waals surface area (Å²) in [6.07, 6.45) is 4.55. The predicted octanol–water partition coefficient (Wildman–Crippen LogP) is -0.0513. The van der Waals surface area contributed by atoms with Gasteiger partial charge in [0.15, 0.2) is 0 Å². The number of nitrogens with zero attached hydrogens (tertiary/aromatic N) is 2. The van der Waals surface area contributed by atoms with Crippen LogP contribution in [0.1, 0.15) is 0 Å². The summed E-state index contributed by atoms with van der Waals surface area (Å²) in [6, 6.07) is 6.59. The molecule has 0 aliphatic rings. The zero-order chi connectivity index (χ0) is 11.4. The molecule has 0 aliphatic heterocycles. The molecule has 2 N–H and O–H groups in total. The van der Waals surface area contributed by atoms with Crippen molar-refractivity contribution in [2.75, 3.05) is 0 Å². The van der Waals surface area contributed by atoms with Crippen LogP contribution in [0, 0.1) is 0 Å². The van der Waals surface area contributed by atoms with Crippen LogP contribution in [0.15, 0.2) is 42.9 Å². The quantitative estimate of drug-likeness (QED) is 0.703. The zero-order valence-corrected chi connectivity index (χ0v) is 8.32. The maximum absolute atomic E-state index is 8.87. The summed E-state index contributed by atoms with van der Waals surface area (Å²) >= 11 is 0. The molecular weight excluding hydrogens is 207 g/mol. The van der Waals surface area contributed by atoms with Crippen molar-refractivity contribution in [2.24, 2.45) is 0 Å². The second kappa shape index (κ2) is 4.74. The Balaban J connectivity index is 2.11. The van der Waals surface area contributed by atoms with E-state index in [-0.39, 0.29) is 0 Å². The predicted molar refractivity (Wildman–Crippen MR) is 58.4 cm³/mol. The number of hydrogen-bond donors (Lipinski definition) is 2. The van der Waals surface area contributed by atoms with Crippen molar-refractivity contribution in [3.63, 3.8) is 0 Å². The SMILES string of the molecule is OB(O)c1ccc(Oc2cccnc2)nc1. The Kier molecular flexibility index (Phi) is 3.14. The van der Waals surface area contributed by atoms with Gasteiger partial charge in [-0.3, -0.25) is 4.98 Å². The van der Waals surface area contributed by atoms with Crippen LogP contribution in [0.3, 0.4) is 0 Å². The highest BCUT2D eigenvalue weighted by Gasteiger charge is 2.10. The van der Waals surface area contributed by atoms with E-state index in [1.54, 1.807) is 30.6 Å². The minimum atomic E-state index is -1.51. The van der Waals surface area contributed by atoms with Gasteiger partial charge in [0.05, 0.1) is 6.20 Å². The second-order valence-electron chi connectivity index (χ2n) is 3.09. The van der Waals surface area contributed by atoms with Crippen molar-refractivity contribution < 1.29 is 14.8 Å². The minimum Gasteiger partial charge on any atom is -0.437 e. The first kappa shape index (κ1) is 10.6. The van der Waals surface area contributed by atoms with Crippen LogP contribution in [0.2, 0.25) is 0 Å². The molecule has 0 saturated heterocycles. The highest BCUT2D eigenvalue weighted by Crippen LogP contribution is 2.15. The molecule has 0 aliphatic carbocycles. The fourth-order valence-corrected chi connectivity index (χ4v) is 1.13. The molecule has 80 valence electrons. The lowest BCUT2D eigenvalue weighted by molar-refractivity contribution is 0.425. The third-order valence-corrected chi connectivity index (χ3v) is 1.91. The number of aromatic nitrogens is 2. The van der Waals surface area contributed by atoms with Crippen LogP contribution in [-0.4, -0.2) is 27.1 Å². The van der Waals surface area contributed by atoms with E-state index in [2.05, 4.69) is 9.97 Å². The lowest BCUT2D eigenvalue weighted by Gasteiger charge is -2.04. The fraction of sp³-hybridized carbons (Fsp3) is 0. The summed E-state index contributed by atoms with van der Waals surface area (Å²) in [5.74, 6) is 0.949. The molecule has 2 rings (SSSR count). The number of pyridine rings is 2. The molecule has 0 atom stereocenters. The van der Waals surface area contributed by atoms with E-state index in [9.17, 15) is 0 Å². The summed E-state index contributed by atoms with van der Waals surface area (Å²) in [7, 11) is -1.51. The Morgan fingerprint density at radius 1 is 1.12 bits per heavy atom. The molecular formula is C10H9BN2O3. The first-order valence-corrected chi connectivity index (χ1v) is 4.65. The Hall–Kier alpha value is -1.92. The van der Waals surface area contributed by atoms with Crippen LogP contribution < -0.4 is 10.2 Å². The molecule has 2 heterocycles. The van der Waals surface area contributed by atoms with Gasteiger partial charge < -0.3 is 14.8 Å². The van der Waals surface area contributed by atoms with Crippen molar-refractivity contribution in [1.29, 1.82) is 0 Å². The average Bonchev–Trinajstić information content (AvgIpc) is 2.31. The molecule has 0 radical (unpaired) electrons. The van der Waals surface area contributed by atoms with E-state index in [1.807, 2.05) is 0 Å². The molecule has 0 aromatic carbocycles. The summed E-state index contributed by atoms with van der Waals surface area (Å²) < 4.78 is 5.38. The monoisotopic (exact) mass is 216 g/mol. The lowest BCUT2D eigenvalue weighted by Crippen LogP contribution is -2.29. The van der Waals surface area contributed by atoms with Crippen molar-refractivity contribution in [3.05, 3.63) is 42.9 Å². The number of ether oxygens (including phenoxy) is 1. The summed E-state index contributed by atoms with van der Waals surface area (Å²) in [5, 5.41) is 17.7. The van der Waals surface area contributed by atoms with Gasteiger partial charge in [-0.15, -0.1) is 0 Å². The van der Waals surface area contributed by atoms with Gasteiger partial charge in [-0.1, -0.05) is 6.07 Å². The van der Waals surface area contributed by atoms with Gasteiger partial charge in [-0.05, 0) is 12.1 Å². The molecule has 2 aromatic rings. The number of rotatable bonds is 3. The van der Waals surface area contributed by atoms with E-state index in [1.165, 1.54) is 12.3 Å². The molecule has 0 saturated carbocycles. The van der Waals surface area contributed by atoms with Crippen molar-refractivity contribution in [2.45, 2.75) is 0 Å². The van der Waals surface area contributed by atoms with Gasteiger partial charge in [0, 0.05) is 23.9 Å². The molecule has 6 heteroatoms. The van der Waals surface area contributed by atoms with E-state index in [0.717, 1.165) is 0 Å². The minimum absolute atomic E-state index is 0.318. The fourth-order valence-electron chi connectivity index (χ4n) is 1.13. The third-order valence-electron chi connectivity index (χ3n) is 1.91. The van der Waals surface area contributed by atoms with Gasteiger partial charge in [0.2, 0.25) is 5.88 Å². The van der Waals surface area contributed by atoms with Crippen LogP contribution in [0.5, 0.6) is 11.6 Å². The van der Waals surface area contributed by atoms with Crippen molar-refractivity contribution in [3.8, 4) is 11.6 Å². The molecule has 0 unspecified atom stereocenters. The Morgan fingerprint density at radius 2 is 2.00 bits per heavy atom. The van der Waals surface area contributed by atoms with Crippen LogP contribution in [0.4, 0.5) is 0 Å². The molecule has 16 heavy (non-hydrogen) atoms. The molecule has 2 aromatic heterocycles. The van der Waals surface area contributed by atoms with Crippen molar-refractivity contribution in [1.82, 2.24) is 9.97 Å². The van der Waals surface area contributed by atoms with E-state index < -0.39 is 7.12 Å². The Labute approximate surface area is 92.5 Å². The first-order chi connectivity index (χ1) is 7.75. The van der Waals surface area contributed by atoms with Crippen LogP contribution in [0.25, 0.3) is 0 Å². The maximum Gasteiger partial charge on any atom is 0.490 e. The Bertz CT molecular complexity index is 447. The van der Waals surface area contributed by atoms with Gasteiger partial charge in [0.1, 0.15) is 5.75 Å². The third kappa shape index (κ3) is 2.56. The second-order valence-corrected chi connectivity index (χ2v) is 3.09. The highest BCUT2D eigenvalue weighted by atomic mass is 16.5. The zero-order valence-electron chi connectivity index (χ0n) is 8.32. The lowest BCUT2D eigenvalue weighted by atomic mass is 9.82. The molecule has 0 spiro atoms. The van der Waals surface area contributed by atoms with E-state index in [0.29, 0.717) is 17.1 Å². The van der Waals surface area contributed by atoms with Gasteiger partial charge in [0.25, 0.3) is 0 Å². The van der Waals surface area contributed by atoms with Crippen LogP contribution in [-0.2, 0) is 0 Å². The van der Waals surface area contributed by atoms with Crippen molar-refractivity contribution >= 4 is 12.6 Å². The van der Waals surface area contributed by atoms with Gasteiger partial charge >= 0.3 is 7.12 Å². The molecule has 0 fully saturated rings. The van der Waals surface area contributed by atoms with Gasteiger partial charge in [-0.25, -0.2) is 4.98 Å². The Morgan fingerprint density at radius 3 is 2.56 bits per heavy atom. The average molecular weight is 216 g/mol. The smallest absolute Gasteiger partial charge is 0.437 e. The first-order valence-electron chi connectivity index (χ1n) is 4.65. The number of hydrogen-bond acceptors (Lipinski definition) is 5. The standard InChI is InChI=1S/C10H9BN2O3/c14-11(15)8-3-4-10(13-6-8)16-9-2-1-5-12-7-9/h1-7,14-15H. The van der Waals surface area contributed by atoms with E-state index in [4.69, 9.17) is 14.8 Å². The van der Waals surface area contributed by atoms with Crippen LogP contribution >= 0.6 is 0 Å². The summed E-state index contributed by atoms with van der Waals surface area (Å²) in [4.78, 5) is 7.82. The maximum atomic E-state index is 8.87.